The molecule has 2 N–H and O–H groups in total. The monoisotopic (exact) mass is 240 g/mol. The molecular formula is C9H19ClNO4+. The fourth-order valence-corrected chi connectivity index (χ4v) is 2.31. The smallest absolute Gasteiger partial charge is 0.211 e. The van der Waals surface area contributed by atoms with Crippen LogP contribution in [0.3, 0.4) is 0 Å². The van der Waals surface area contributed by atoms with Crippen molar-refractivity contribution in [2.75, 3.05) is 27.7 Å². The summed E-state index contributed by atoms with van der Waals surface area (Å²) in [5, 5.41) is 19.3. The van der Waals surface area contributed by atoms with E-state index in [0.29, 0.717) is 11.1 Å². The van der Waals surface area contributed by atoms with Crippen LogP contribution in [0.1, 0.15) is 0 Å². The molecule has 5 atom stereocenters. The first kappa shape index (κ1) is 13.2. The Morgan fingerprint density at radius 3 is 2.27 bits per heavy atom. The summed E-state index contributed by atoms with van der Waals surface area (Å²) in [5.41, 5.74) is 0. The molecular weight excluding hydrogens is 222 g/mol. The molecule has 5 nitrogen and oxygen atoms in total. The highest BCUT2D eigenvalue weighted by molar-refractivity contribution is 5.85. The second-order valence-corrected chi connectivity index (χ2v) is 4.96. The number of hydrogen-bond donors (Lipinski definition) is 2. The Morgan fingerprint density at radius 2 is 1.73 bits per heavy atom. The Hall–Kier alpha value is 0.0900. The van der Waals surface area contributed by atoms with Gasteiger partial charge in [-0.2, -0.15) is 0 Å². The van der Waals surface area contributed by atoms with Gasteiger partial charge < -0.3 is 24.2 Å². The number of aliphatic hydroxyl groups excluding tert-OH is 2. The van der Waals surface area contributed by atoms with E-state index in [9.17, 15) is 10.2 Å². The van der Waals surface area contributed by atoms with Crippen LogP contribution >= 0.6 is 12.4 Å². The maximum Gasteiger partial charge on any atom is 0.211 e. The average molecular weight is 241 g/mol. The summed E-state index contributed by atoms with van der Waals surface area (Å²) >= 11 is 0. The molecule has 2 saturated heterocycles. The van der Waals surface area contributed by atoms with Crippen LogP contribution in [-0.4, -0.2) is 73.1 Å². The first-order valence-electron chi connectivity index (χ1n) is 4.85. The Kier molecular flexibility index (Phi) is 3.65. The van der Waals surface area contributed by atoms with E-state index in [4.69, 9.17) is 9.47 Å². The number of nitrogens with zero attached hydrogens (tertiary/aromatic N) is 1. The second-order valence-electron chi connectivity index (χ2n) is 4.96. The molecule has 2 rings (SSSR count). The van der Waals surface area contributed by atoms with Crippen molar-refractivity contribution in [3.63, 3.8) is 0 Å². The third kappa shape index (κ3) is 2.13. The van der Waals surface area contributed by atoms with Gasteiger partial charge in [0.2, 0.25) is 6.29 Å². The Morgan fingerprint density at radius 1 is 1.13 bits per heavy atom. The van der Waals surface area contributed by atoms with Gasteiger partial charge in [-0.15, -0.1) is 12.4 Å². The maximum atomic E-state index is 9.72. The summed E-state index contributed by atoms with van der Waals surface area (Å²) < 4.78 is 11.3. The molecule has 2 unspecified atom stereocenters. The van der Waals surface area contributed by atoms with Gasteiger partial charge in [-0.1, -0.05) is 0 Å². The van der Waals surface area contributed by atoms with Crippen molar-refractivity contribution in [1.82, 2.24) is 0 Å². The number of hydrogen-bond acceptors (Lipinski definition) is 4. The van der Waals surface area contributed by atoms with Crippen LogP contribution < -0.4 is 0 Å². The van der Waals surface area contributed by atoms with E-state index < -0.39 is 12.4 Å². The number of halogens is 1. The van der Waals surface area contributed by atoms with Crippen molar-refractivity contribution in [2.24, 2.45) is 0 Å². The standard InChI is InChI=1S/C9H18NO4.ClH/c1-10(2,3)6-8-7(14-9(6)12)5(11)4-13-8;/h5-9,11-12H,4H2,1-3H3;1H/q+1;/t5-,6-,7?,8-,9?;/m0./s1. The predicted molar refractivity (Wildman–Crippen MR) is 55.7 cm³/mol. The zero-order valence-corrected chi connectivity index (χ0v) is 9.98. The third-order valence-corrected chi connectivity index (χ3v) is 2.98. The molecule has 0 bridgehead atoms. The molecule has 90 valence electrons. The molecule has 0 amide bonds. The quantitative estimate of drug-likeness (QED) is 0.575. The average Bonchev–Trinajstić information content (AvgIpc) is 2.49. The summed E-state index contributed by atoms with van der Waals surface area (Å²) in [5.74, 6) is 0. The Labute approximate surface area is 95.6 Å². The van der Waals surface area contributed by atoms with Crippen molar-refractivity contribution < 1.29 is 24.2 Å². The highest BCUT2D eigenvalue weighted by Gasteiger charge is 2.57. The fraction of sp³-hybridized carbons (Fsp3) is 1.00. The molecule has 2 heterocycles. The van der Waals surface area contributed by atoms with Gasteiger partial charge >= 0.3 is 0 Å². The van der Waals surface area contributed by atoms with E-state index in [2.05, 4.69) is 0 Å². The van der Waals surface area contributed by atoms with Gasteiger partial charge in [0.1, 0.15) is 18.3 Å². The molecule has 2 fully saturated rings. The zero-order valence-electron chi connectivity index (χ0n) is 9.16. The lowest BCUT2D eigenvalue weighted by molar-refractivity contribution is -0.903. The van der Waals surface area contributed by atoms with Crippen molar-refractivity contribution in [3.8, 4) is 0 Å². The van der Waals surface area contributed by atoms with Crippen molar-refractivity contribution in [1.29, 1.82) is 0 Å². The van der Waals surface area contributed by atoms with E-state index in [1.165, 1.54) is 0 Å². The minimum Gasteiger partial charge on any atom is -0.388 e. The summed E-state index contributed by atoms with van der Waals surface area (Å²) in [6.07, 6.45) is -2.02. The van der Waals surface area contributed by atoms with Gasteiger partial charge in [-0.3, -0.25) is 0 Å². The van der Waals surface area contributed by atoms with E-state index >= 15 is 0 Å². The van der Waals surface area contributed by atoms with Crippen LogP contribution in [0, 0.1) is 0 Å². The number of quaternary nitrogens is 1. The van der Waals surface area contributed by atoms with E-state index in [-0.39, 0.29) is 30.7 Å². The molecule has 0 saturated carbocycles. The van der Waals surface area contributed by atoms with Crippen molar-refractivity contribution in [3.05, 3.63) is 0 Å². The van der Waals surface area contributed by atoms with Crippen LogP contribution in [0.2, 0.25) is 0 Å². The second kappa shape index (κ2) is 4.16. The highest BCUT2D eigenvalue weighted by Crippen LogP contribution is 2.34. The number of rotatable bonds is 1. The lowest BCUT2D eigenvalue weighted by Gasteiger charge is -2.34. The number of aliphatic hydroxyl groups is 2. The summed E-state index contributed by atoms with van der Waals surface area (Å²) in [7, 11) is 5.94. The van der Waals surface area contributed by atoms with Crippen LogP contribution in [0.5, 0.6) is 0 Å². The SMILES string of the molecule is C[N+](C)(C)[C@@H]1C(O)OC2[C@H]1OC[C@@H]2O.Cl. The molecule has 15 heavy (non-hydrogen) atoms. The Bertz CT molecular complexity index is 233. The molecule has 6 heteroatoms. The van der Waals surface area contributed by atoms with E-state index in [1.54, 1.807) is 0 Å². The van der Waals surface area contributed by atoms with Crippen LogP contribution in [0.15, 0.2) is 0 Å². The predicted octanol–water partition coefficient (Wildman–Crippen LogP) is -1.04. The van der Waals surface area contributed by atoms with Gasteiger partial charge in [-0.05, 0) is 0 Å². The lowest BCUT2D eigenvalue weighted by atomic mass is 10.1. The molecule has 2 aliphatic heterocycles. The van der Waals surface area contributed by atoms with Gasteiger partial charge in [0, 0.05) is 0 Å². The molecule has 0 aromatic rings. The molecule has 0 aromatic heterocycles. The summed E-state index contributed by atoms with van der Waals surface area (Å²) in [6.45, 7) is 0.304. The third-order valence-electron chi connectivity index (χ3n) is 2.98. The first-order valence-corrected chi connectivity index (χ1v) is 4.85. The highest BCUT2D eigenvalue weighted by atomic mass is 35.5. The fourth-order valence-electron chi connectivity index (χ4n) is 2.31. The van der Waals surface area contributed by atoms with Gasteiger partial charge in [0.05, 0.1) is 27.7 Å². The summed E-state index contributed by atoms with van der Waals surface area (Å²) in [6, 6.07) is -0.128. The Balaban J connectivity index is 0.00000112. The van der Waals surface area contributed by atoms with Crippen molar-refractivity contribution in [2.45, 2.75) is 30.6 Å². The topological polar surface area (TPSA) is 58.9 Å². The van der Waals surface area contributed by atoms with Crippen LogP contribution in [0.25, 0.3) is 0 Å². The van der Waals surface area contributed by atoms with Gasteiger partial charge in [0.25, 0.3) is 0 Å². The number of fused-ring (bicyclic) bond motifs is 1. The lowest BCUT2D eigenvalue weighted by Crippen LogP contribution is -2.55. The van der Waals surface area contributed by atoms with Crippen LogP contribution in [0.4, 0.5) is 0 Å². The van der Waals surface area contributed by atoms with E-state index in [1.807, 2.05) is 21.1 Å². The van der Waals surface area contributed by atoms with Crippen LogP contribution in [-0.2, 0) is 9.47 Å². The molecule has 2 aliphatic rings. The molecule has 0 aliphatic carbocycles. The number of likely N-dealkylation sites (N-methyl/N-ethyl adjacent to an activating group) is 1. The maximum absolute atomic E-state index is 9.72. The number of ether oxygens (including phenoxy) is 2. The molecule has 0 aromatic carbocycles. The minimum atomic E-state index is -0.847. The zero-order chi connectivity index (χ0) is 10.5. The van der Waals surface area contributed by atoms with Crippen molar-refractivity contribution >= 4 is 12.4 Å². The normalized spacial score (nSPS) is 45.0. The van der Waals surface area contributed by atoms with Gasteiger partial charge in [-0.25, -0.2) is 0 Å². The molecule has 0 radical (unpaired) electrons. The largest absolute Gasteiger partial charge is 0.388 e. The first-order chi connectivity index (χ1) is 6.41. The van der Waals surface area contributed by atoms with Gasteiger partial charge in [0.15, 0.2) is 6.04 Å². The molecule has 0 spiro atoms. The minimum absolute atomic E-state index is 0. The van der Waals surface area contributed by atoms with E-state index in [0.717, 1.165) is 0 Å². The summed E-state index contributed by atoms with van der Waals surface area (Å²) in [4.78, 5) is 0.